The molecule has 2 aliphatic carbocycles. The number of hydrogen-bond acceptors (Lipinski definition) is 1. The highest BCUT2D eigenvalue weighted by atomic mass is 16.2. The number of piperidine rings is 1. The minimum Gasteiger partial charge on any atom is -0.342 e. The van der Waals surface area contributed by atoms with E-state index in [2.05, 4.69) is 4.90 Å². The Hall–Kier alpha value is -0.530. The molecule has 102 valence electrons. The van der Waals surface area contributed by atoms with Crippen molar-refractivity contribution in [3.63, 3.8) is 0 Å². The van der Waals surface area contributed by atoms with Crippen LogP contribution in [0.4, 0.5) is 0 Å². The molecule has 0 aromatic heterocycles. The molecule has 0 N–H and O–H groups in total. The van der Waals surface area contributed by atoms with E-state index in [1.54, 1.807) is 0 Å². The summed E-state index contributed by atoms with van der Waals surface area (Å²) in [5, 5.41) is 0. The van der Waals surface area contributed by atoms with Gasteiger partial charge in [0.1, 0.15) is 0 Å². The summed E-state index contributed by atoms with van der Waals surface area (Å²) in [7, 11) is 0. The quantitative estimate of drug-likeness (QED) is 0.693. The highest BCUT2D eigenvalue weighted by molar-refractivity contribution is 5.79. The maximum Gasteiger partial charge on any atom is 0.225 e. The number of rotatable bonds is 1. The molecule has 18 heavy (non-hydrogen) atoms. The maximum absolute atomic E-state index is 12.6. The average molecular weight is 249 g/mol. The van der Waals surface area contributed by atoms with Crippen molar-refractivity contribution in [2.45, 2.75) is 70.6 Å². The van der Waals surface area contributed by atoms with E-state index in [0.29, 0.717) is 17.2 Å². The summed E-state index contributed by atoms with van der Waals surface area (Å²) in [6.45, 7) is 2.12. The zero-order valence-electron chi connectivity index (χ0n) is 11.6. The van der Waals surface area contributed by atoms with Crippen LogP contribution in [-0.2, 0) is 4.79 Å². The molecule has 2 nitrogen and oxygen atoms in total. The molecule has 1 spiro atoms. The predicted octanol–water partition coefficient (Wildman–Crippen LogP) is 3.75. The van der Waals surface area contributed by atoms with Gasteiger partial charge in [-0.2, -0.15) is 0 Å². The van der Waals surface area contributed by atoms with Crippen LogP contribution in [0.2, 0.25) is 0 Å². The fraction of sp³-hybridized carbons (Fsp3) is 0.938. The van der Waals surface area contributed by atoms with Crippen molar-refractivity contribution in [3.05, 3.63) is 0 Å². The van der Waals surface area contributed by atoms with Gasteiger partial charge in [0.05, 0.1) is 0 Å². The third-order valence-electron chi connectivity index (χ3n) is 5.59. The van der Waals surface area contributed by atoms with Crippen LogP contribution in [0.15, 0.2) is 0 Å². The first-order valence-corrected chi connectivity index (χ1v) is 8.08. The van der Waals surface area contributed by atoms with Crippen LogP contribution < -0.4 is 0 Å². The molecular formula is C16H27NO. The summed E-state index contributed by atoms with van der Waals surface area (Å²) in [4.78, 5) is 14.8. The van der Waals surface area contributed by atoms with E-state index in [4.69, 9.17) is 0 Å². The summed E-state index contributed by atoms with van der Waals surface area (Å²) in [6, 6.07) is 0. The second kappa shape index (κ2) is 5.22. The standard InChI is InChI=1S/C16H27NO/c18-15(14-7-2-3-8-14)17-12-6-11-16(13-17)9-4-1-5-10-16/h14H,1-13H2. The summed E-state index contributed by atoms with van der Waals surface area (Å²) in [5.41, 5.74) is 0.519. The summed E-state index contributed by atoms with van der Waals surface area (Å²) >= 11 is 0. The van der Waals surface area contributed by atoms with E-state index >= 15 is 0 Å². The fourth-order valence-corrected chi connectivity index (χ4v) is 4.54. The van der Waals surface area contributed by atoms with Crippen molar-refractivity contribution >= 4 is 5.91 Å². The van der Waals surface area contributed by atoms with Crippen molar-refractivity contribution in [3.8, 4) is 0 Å². The number of carbonyl (C=O) groups is 1. The minimum atomic E-state index is 0.378. The van der Waals surface area contributed by atoms with E-state index in [1.807, 2.05) is 0 Å². The number of nitrogens with zero attached hydrogens (tertiary/aromatic N) is 1. The van der Waals surface area contributed by atoms with Gasteiger partial charge in [-0.3, -0.25) is 4.79 Å². The summed E-state index contributed by atoms with van der Waals surface area (Å²) in [6.07, 6.45) is 14.4. The monoisotopic (exact) mass is 249 g/mol. The highest BCUT2D eigenvalue weighted by Crippen LogP contribution is 2.43. The Morgan fingerprint density at radius 3 is 2.28 bits per heavy atom. The predicted molar refractivity (Wildman–Crippen MR) is 73.3 cm³/mol. The molecule has 0 bridgehead atoms. The Morgan fingerprint density at radius 1 is 0.889 bits per heavy atom. The lowest BCUT2D eigenvalue weighted by atomic mass is 9.69. The smallest absolute Gasteiger partial charge is 0.225 e. The van der Waals surface area contributed by atoms with Gasteiger partial charge >= 0.3 is 0 Å². The van der Waals surface area contributed by atoms with E-state index in [9.17, 15) is 4.79 Å². The Morgan fingerprint density at radius 2 is 1.56 bits per heavy atom. The molecule has 2 heteroatoms. The Labute approximate surface area is 111 Å². The Kier molecular flexibility index (Phi) is 3.63. The van der Waals surface area contributed by atoms with Crippen LogP contribution >= 0.6 is 0 Å². The molecule has 0 aromatic rings. The molecule has 0 unspecified atom stereocenters. The van der Waals surface area contributed by atoms with E-state index in [-0.39, 0.29) is 0 Å². The molecule has 0 aromatic carbocycles. The van der Waals surface area contributed by atoms with Gasteiger partial charge in [0.15, 0.2) is 0 Å². The molecule has 1 heterocycles. The van der Waals surface area contributed by atoms with Crippen LogP contribution in [0.5, 0.6) is 0 Å². The second-order valence-electron chi connectivity index (χ2n) is 6.91. The van der Waals surface area contributed by atoms with Gasteiger partial charge in [-0.15, -0.1) is 0 Å². The van der Waals surface area contributed by atoms with Crippen molar-refractivity contribution in [1.29, 1.82) is 0 Å². The van der Waals surface area contributed by atoms with Gasteiger partial charge in [-0.05, 0) is 43.9 Å². The number of carbonyl (C=O) groups excluding carboxylic acids is 1. The Balaban J connectivity index is 1.64. The number of hydrogen-bond donors (Lipinski definition) is 0. The van der Waals surface area contributed by atoms with Gasteiger partial charge in [-0.1, -0.05) is 32.1 Å². The SMILES string of the molecule is O=C(C1CCCC1)N1CCCC2(CCCCC2)C1. The lowest BCUT2D eigenvalue weighted by Crippen LogP contribution is -2.48. The number of amides is 1. The van der Waals surface area contributed by atoms with E-state index in [0.717, 1.165) is 25.9 Å². The topological polar surface area (TPSA) is 20.3 Å². The average Bonchev–Trinajstić information content (AvgIpc) is 2.93. The molecular weight excluding hydrogens is 222 g/mol. The molecule has 0 atom stereocenters. The maximum atomic E-state index is 12.6. The molecule has 3 fully saturated rings. The lowest BCUT2D eigenvalue weighted by molar-refractivity contribution is -0.139. The third-order valence-corrected chi connectivity index (χ3v) is 5.59. The van der Waals surface area contributed by atoms with Gasteiger partial charge in [0.2, 0.25) is 5.91 Å². The molecule has 2 saturated carbocycles. The number of likely N-dealkylation sites (tertiary alicyclic amines) is 1. The lowest BCUT2D eigenvalue weighted by Gasteiger charge is -2.46. The first kappa shape index (κ1) is 12.5. The Bertz CT molecular complexity index is 295. The molecule has 1 aliphatic heterocycles. The van der Waals surface area contributed by atoms with E-state index < -0.39 is 0 Å². The summed E-state index contributed by atoms with van der Waals surface area (Å²) in [5.74, 6) is 0.876. The molecule has 0 radical (unpaired) electrons. The molecule has 3 rings (SSSR count). The highest BCUT2D eigenvalue weighted by Gasteiger charge is 2.39. The van der Waals surface area contributed by atoms with Crippen molar-refractivity contribution in [2.24, 2.45) is 11.3 Å². The van der Waals surface area contributed by atoms with Crippen LogP contribution in [-0.4, -0.2) is 23.9 Å². The van der Waals surface area contributed by atoms with Gasteiger partial charge in [-0.25, -0.2) is 0 Å². The fourth-order valence-electron chi connectivity index (χ4n) is 4.54. The summed E-state index contributed by atoms with van der Waals surface area (Å²) < 4.78 is 0. The molecule has 1 saturated heterocycles. The zero-order valence-corrected chi connectivity index (χ0v) is 11.6. The largest absolute Gasteiger partial charge is 0.342 e. The second-order valence-corrected chi connectivity index (χ2v) is 6.91. The van der Waals surface area contributed by atoms with Crippen molar-refractivity contribution in [1.82, 2.24) is 4.90 Å². The molecule has 1 amide bonds. The van der Waals surface area contributed by atoms with Crippen molar-refractivity contribution < 1.29 is 4.79 Å². The minimum absolute atomic E-state index is 0.378. The first-order valence-electron chi connectivity index (χ1n) is 8.08. The third kappa shape index (κ3) is 2.44. The van der Waals surface area contributed by atoms with Crippen LogP contribution in [0.1, 0.15) is 70.6 Å². The van der Waals surface area contributed by atoms with Gasteiger partial charge in [0, 0.05) is 19.0 Å². The van der Waals surface area contributed by atoms with Gasteiger partial charge < -0.3 is 4.90 Å². The van der Waals surface area contributed by atoms with Crippen LogP contribution in [0.3, 0.4) is 0 Å². The van der Waals surface area contributed by atoms with Crippen LogP contribution in [0.25, 0.3) is 0 Å². The first-order chi connectivity index (χ1) is 8.79. The van der Waals surface area contributed by atoms with Crippen LogP contribution in [0, 0.1) is 11.3 Å². The van der Waals surface area contributed by atoms with E-state index in [1.165, 1.54) is 57.8 Å². The molecule has 3 aliphatic rings. The zero-order chi connectivity index (χ0) is 12.4. The van der Waals surface area contributed by atoms with Gasteiger partial charge in [0.25, 0.3) is 0 Å². The van der Waals surface area contributed by atoms with Crippen molar-refractivity contribution in [2.75, 3.05) is 13.1 Å². The normalized spacial score (nSPS) is 28.8.